The summed E-state index contributed by atoms with van der Waals surface area (Å²) in [6.45, 7) is 2.88. The highest BCUT2D eigenvalue weighted by Gasteiger charge is 2.09. The Morgan fingerprint density at radius 2 is 2.33 bits per heavy atom. The van der Waals surface area contributed by atoms with Gasteiger partial charge in [-0.25, -0.2) is 0 Å². The van der Waals surface area contributed by atoms with Gasteiger partial charge in [-0.2, -0.15) is 5.26 Å². The van der Waals surface area contributed by atoms with Gasteiger partial charge in [0.05, 0.1) is 6.61 Å². The van der Waals surface area contributed by atoms with Crippen molar-refractivity contribution in [2.75, 3.05) is 26.9 Å². The lowest BCUT2D eigenvalue weighted by Gasteiger charge is -2.11. The summed E-state index contributed by atoms with van der Waals surface area (Å²) in [4.78, 5) is 11.6. The lowest BCUT2D eigenvalue weighted by atomic mass is 10.2. The molecule has 0 aliphatic heterocycles. The number of hydrogen-bond acceptors (Lipinski definition) is 5. The first-order valence-corrected chi connectivity index (χ1v) is 5.93. The maximum atomic E-state index is 11.6. The number of methoxy groups -OCH3 is 1. The second-order valence-corrected chi connectivity index (χ2v) is 3.73. The number of nitriles is 1. The quantitative estimate of drug-likeness (QED) is 0.304. The Kier molecular flexibility index (Phi) is 9.64. The zero-order valence-corrected chi connectivity index (χ0v) is 10.9. The van der Waals surface area contributed by atoms with Crippen LogP contribution in [0.2, 0.25) is 0 Å². The van der Waals surface area contributed by atoms with Crippen LogP contribution in [0.4, 0.5) is 0 Å². The average Bonchev–Trinajstić information content (AvgIpc) is 2.40. The van der Waals surface area contributed by atoms with Crippen molar-refractivity contribution >= 4 is 5.91 Å². The number of rotatable bonds is 9. The van der Waals surface area contributed by atoms with E-state index in [2.05, 4.69) is 10.6 Å². The molecular weight excluding hydrogens is 234 g/mol. The normalized spacial score (nSPS) is 12.7. The standard InChI is InChI=1S/C12H21N3O3/c1-3-11(9-16)15-8-10(7-13)12(17)14-5-4-6-18-2/h8,11,15-16H,3-6,9H2,1-2H3,(H,14,17)/b10-8-. The molecule has 0 aromatic rings. The van der Waals surface area contributed by atoms with Crippen LogP contribution in [0.3, 0.4) is 0 Å². The SMILES string of the molecule is CCC(CO)N/C=C(/C#N)C(=O)NCCCOC. The molecule has 3 N–H and O–H groups in total. The molecule has 0 fully saturated rings. The number of carbonyl (C=O) groups is 1. The van der Waals surface area contributed by atoms with Crippen molar-refractivity contribution in [1.29, 1.82) is 5.26 Å². The van der Waals surface area contributed by atoms with E-state index in [9.17, 15) is 4.79 Å². The molecule has 1 amide bonds. The summed E-state index contributed by atoms with van der Waals surface area (Å²) in [7, 11) is 1.59. The first-order valence-electron chi connectivity index (χ1n) is 5.93. The molecule has 6 nitrogen and oxygen atoms in total. The van der Waals surface area contributed by atoms with Crippen molar-refractivity contribution in [1.82, 2.24) is 10.6 Å². The van der Waals surface area contributed by atoms with Gasteiger partial charge in [-0.1, -0.05) is 6.92 Å². The van der Waals surface area contributed by atoms with E-state index < -0.39 is 5.91 Å². The van der Waals surface area contributed by atoms with Crippen molar-refractivity contribution in [3.8, 4) is 6.07 Å². The molecule has 18 heavy (non-hydrogen) atoms. The second-order valence-electron chi connectivity index (χ2n) is 3.73. The van der Waals surface area contributed by atoms with Crippen LogP contribution >= 0.6 is 0 Å². The van der Waals surface area contributed by atoms with Crippen LogP contribution in [0.15, 0.2) is 11.8 Å². The van der Waals surface area contributed by atoms with E-state index in [1.807, 2.05) is 13.0 Å². The summed E-state index contributed by atoms with van der Waals surface area (Å²) in [5, 5.41) is 23.3. The minimum absolute atomic E-state index is 0.000633. The molecule has 0 radical (unpaired) electrons. The number of nitrogens with one attached hydrogen (secondary N) is 2. The van der Waals surface area contributed by atoms with Gasteiger partial charge in [0.25, 0.3) is 5.91 Å². The number of amides is 1. The summed E-state index contributed by atoms with van der Waals surface area (Å²) in [6, 6.07) is 1.68. The first kappa shape index (κ1) is 16.4. The number of aliphatic hydroxyl groups is 1. The average molecular weight is 255 g/mol. The number of hydrogen-bond donors (Lipinski definition) is 3. The third-order valence-corrected chi connectivity index (χ3v) is 2.35. The van der Waals surface area contributed by atoms with Crippen molar-refractivity contribution < 1.29 is 14.6 Å². The summed E-state index contributed by atoms with van der Waals surface area (Å²) < 4.78 is 4.85. The van der Waals surface area contributed by atoms with Crippen molar-refractivity contribution in [2.45, 2.75) is 25.8 Å². The molecule has 0 aliphatic rings. The van der Waals surface area contributed by atoms with E-state index >= 15 is 0 Å². The van der Waals surface area contributed by atoms with E-state index in [0.29, 0.717) is 26.0 Å². The monoisotopic (exact) mass is 255 g/mol. The first-order chi connectivity index (χ1) is 8.69. The van der Waals surface area contributed by atoms with Crippen LogP contribution in [-0.2, 0) is 9.53 Å². The molecule has 0 bridgehead atoms. The number of aliphatic hydroxyl groups excluding tert-OH is 1. The van der Waals surface area contributed by atoms with Crippen LogP contribution in [0, 0.1) is 11.3 Å². The summed E-state index contributed by atoms with van der Waals surface area (Å²) in [5.41, 5.74) is -0.000633. The molecule has 0 aliphatic carbocycles. The maximum Gasteiger partial charge on any atom is 0.263 e. The molecule has 1 atom stereocenters. The van der Waals surface area contributed by atoms with Crippen LogP contribution in [0.5, 0.6) is 0 Å². The minimum Gasteiger partial charge on any atom is -0.394 e. The Hall–Kier alpha value is -1.58. The van der Waals surface area contributed by atoms with E-state index in [1.54, 1.807) is 7.11 Å². The van der Waals surface area contributed by atoms with E-state index in [0.717, 1.165) is 0 Å². The van der Waals surface area contributed by atoms with Gasteiger partial charge in [0, 0.05) is 32.5 Å². The third kappa shape index (κ3) is 6.89. The number of carbonyl (C=O) groups excluding carboxylic acids is 1. The fraction of sp³-hybridized carbons (Fsp3) is 0.667. The molecule has 6 heteroatoms. The number of nitrogens with zero attached hydrogens (tertiary/aromatic N) is 1. The number of ether oxygens (including phenoxy) is 1. The van der Waals surface area contributed by atoms with Crippen molar-refractivity contribution in [3.63, 3.8) is 0 Å². The smallest absolute Gasteiger partial charge is 0.263 e. The summed E-state index contributed by atoms with van der Waals surface area (Å²) in [6.07, 6.45) is 2.75. The molecule has 0 rings (SSSR count). The lowest BCUT2D eigenvalue weighted by Crippen LogP contribution is -2.31. The Morgan fingerprint density at radius 1 is 1.61 bits per heavy atom. The predicted molar refractivity (Wildman–Crippen MR) is 67.5 cm³/mol. The topological polar surface area (TPSA) is 94.4 Å². The maximum absolute atomic E-state index is 11.6. The zero-order valence-electron chi connectivity index (χ0n) is 10.9. The Labute approximate surface area is 108 Å². The van der Waals surface area contributed by atoms with Crippen LogP contribution in [0.1, 0.15) is 19.8 Å². The Morgan fingerprint density at radius 3 is 2.83 bits per heavy atom. The Balaban J connectivity index is 4.18. The van der Waals surface area contributed by atoms with Gasteiger partial charge in [-0.05, 0) is 12.8 Å². The van der Waals surface area contributed by atoms with E-state index in [1.165, 1.54) is 6.20 Å². The van der Waals surface area contributed by atoms with Crippen LogP contribution in [-0.4, -0.2) is 43.9 Å². The Bertz CT molecular complexity index is 306. The van der Waals surface area contributed by atoms with Crippen molar-refractivity contribution in [3.05, 3.63) is 11.8 Å². The molecule has 0 aromatic heterocycles. The fourth-order valence-electron chi connectivity index (χ4n) is 1.16. The minimum atomic E-state index is -0.422. The molecule has 0 heterocycles. The predicted octanol–water partition coefficient (Wildman–Crippen LogP) is -0.0929. The summed E-state index contributed by atoms with van der Waals surface area (Å²) in [5.74, 6) is -0.422. The van der Waals surface area contributed by atoms with E-state index in [-0.39, 0.29) is 18.2 Å². The van der Waals surface area contributed by atoms with Gasteiger partial charge in [0.1, 0.15) is 11.6 Å². The summed E-state index contributed by atoms with van der Waals surface area (Å²) >= 11 is 0. The fourth-order valence-corrected chi connectivity index (χ4v) is 1.16. The van der Waals surface area contributed by atoms with Gasteiger partial charge < -0.3 is 20.5 Å². The van der Waals surface area contributed by atoms with Gasteiger partial charge in [-0.3, -0.25) is 4.79 Å². The second kappa shape index (κ2) is 10.6. The van der Waals surface area contributed by atoms with Crippen LogP contribution in [0.25, 0.3) is 0 Å². The highest BCUT2D eigenvalue weighted by molar-refractivity contribution is 5.97. The van der Waals surface area contributed by atoms with Crippen molar-refractivity contribution in [2.24, 2.45) is 0 Å². The zero-order chi connectivity index (χ0) is 13.8. The molecule has 102 valence electrons. The van der Waals surface area contributed by atoms with Gasteiger partial charge >= 0.3 is 0 Å². The largest absolute Gasteiger partial charge is 0.394 e. The lowest BCUT2D eigenvalue weighted by molar-refractivity contribution is -0.117. The molecule has 0 saturated heterocycles. The third-order valence-electron chi connectivity index (χ3n) is 2.35. The van der Waals surface area contributed by atoms with Crippen LogP contribution < -0.4 is 10.6 Å². The highest BCUT2D eigenvalue weighted by Crippen LogP contribution is 1.94. The van der Waals surface area contributed by atoms with E-state index in [4.69, 9.17) is 15.1 Å². The molecule has 0 spiro atoms. The highest BCUT2D eigenvalue weighted by atomic mass is 16.5. The molecular formula is C12H21N3O3. The molecule has 0 aromatic carbocycles. The van der Waals surface area contributed by atoms with Gasteiger partial charge in [0.2, 0.25) is 0 Å². The molecule has 0 saturated carbocycles. The van der Waals surface area contributed by atoms with Gasteiger partial charge in [0.15, 0.2) is 0 Å². The van der Waals surface area contributed by atoms with Gasteiger partial charge in [-0.15, -0.1) is 0 Å². The molecule has 1 unspecified atom stereocenters.